The molecule has 1 fully saturated rings. The van der Waals surface area contributed by atoms with Crippen molar-refractivity contribution >= 4 is 48.5 Å². The molecule has 1 aliphatic carbocycles. The summed E-state index contributed by atoms with van der Waals surface area (Å²) in [5, 5.41) is 25.2. The van der Waals surface area contributed by atoms with Crippen LogP contribution in [0.15, 0.2) is 107 Å². The van der Waals surface area contributed by atoms with Gasteiger partial charge >= 0.3 is 5.69 Å². The summed E-state index contributed by atoms with van der Waals surface area (Å²) in [5.74, 6) is -0.507. The van der Waals surface area contributed by atoms with Crippen LogP contribution in [0.5, 0.6) is 0 Å². The molecule has 4 aromatic rings. The summed E-state index contributed by atoms with van der Waals surface area (Å²) in [7, 11) is -7.65. The van der Waals surface area contributed by atoms with Crippen LogP contribution in [-0.2, 0) is 20.0 Å². The maximum Gasteiger partial charge on any atom is 0.306 e. The van der Waals surface area contributed by atoms with Gasteiger partial charge in [-0.25, -0.2) is 16.8 Å². The minimum Gasteiger partial charge on any atom is -0.379 e. The van der Waals surface area contributed by atoms with E-state index in [1.54, 1.807) is 42.5 Å². The molecule has 4 aromatic carbocycles. The number of sulfonamides is 2. The van der Waals surface area contributed by atoms with E-state index < -0.39 is 41.4 Å². The average Bonchev–Trinajstić information content (AvgIpc) is 3.06. The van der Waals surface area contributed by atoms with Crippen molar-refractivity contribution in [3.05, 3.63) is 123 Å². The van der Waals surface area contributed by atoms with Gasteiger partial charge in [-0.05, 0) is 67.3 Å². The summed E-state index contributed by atoms with van der Waals surface area (Å²) in [5.41, 5.74) is -0.443. The first-order valence-corrected chi connectivity index (χ1v) is 17.4. The highest BCUT2D eigenvalue weighted by Crippen LogP contribution is 2.31. The van der Waals surface area contributed by atoms with Crippen molar-refractivity contribution in [1.29, 1.82) is 0 Å². The zero-order valence-corrected chi connectivity index (χ0v) is 26.5. The summed E-state index contributed by atoms with van der Waals surface area (Å²) >= 11 is 0. The molecule has 0 spiro atoms. The lowest BCUT2D eigenvalue weighted by Crippen LogP contribution is -2.18. The molecule has 0 saturated heterocycles. The van der Waals surface area contributed by atoms with Crippen LogP contribution in [0.25, 0.3) is 0 Å². The van der Waals surface area contributed by atoms with E-state index in [0.29, 0.717) is 18.2 Å². The quantitative estimate of drug-likeness (QED) is 0.111. The number of benzene rings is 4. The van der Waals surface area contributed by atoms with Crippen molar-refractivity contribution in [2.45, 2.75) is 41.9 Å². The lowest BCUT2D eigenvalue weighted by atomic mass is 9.89. The molecule has 0 heterocycles. The molecule has 5 rings (SSSR count). The monoisotopic (exact) mass is 685 g/mol. The second kappa shape index (κ2) is 15.5. The van der Waals surface area contributed by atoms with E-state index in [0.717, 1.165) is 31.0 Å². The Balaban J connectivity index is 0.000000223. The van der Waals surface area contributed by atoms with Gasteiger partial charge in [-0.2, -0.15) is 4.39 Å². The Morgan fingerprint density at radius 1 is 0.660 bits per heavy atom. The molecule has 0 amide bonds. The molecule has 0 atom stereocenters. The number of halogens is 1. The summed E-state index contributed by atoms with van der Waals surface area (Å²) in [6, 6.07) is 22.5. The molecule has 248 valence electrons. The fourth-order valence-electron chi connectivity index (χ4n) is 4.88. The van der Waals surface area contributed by atoms with Gasteiger partial charge in [0.05, 0.1) is 31.0 Å². The molecule has 16 heteroatoms. The first-order chi connectivity index (χ1) is 22.4. The lowest BCUT2D eigenvalue weighted by Gasteiger charge is -2.22. The van der Waals surface area contributed by atoms with Gasteiger partial charge in [0.1, 0.15) is 5.69 Å². The Morgan fingerprint density at radius 2 is 1.13 bits per heavy atom. The smallest absolute Gasteiger partial charge is 0.306 e. The molecule has 1 aliphatic rings. The number of nitro groups is 2. The minimum atomic E-state index is -3.86. The molecule has 0 aliphatic heterocycles. The third kappa shape index (κ3) is 9.70. The number of nitrogens with zero attached hydrogens (tertiary/aromatic N) is 2. The zero-order chi connectivity index (χ0) is 34.0. The molecule has 13 nitrogen and oxygen atoms in total. The van der Waals surface area contributed by atoms with E-state index in [-0.39, 0.29) is 26.9 Å². The number of hydrogen-bond acceptors (Lipinski definition) is 9. The van der Waals surface area contributed by atoms with Gasteiger partial charge < -0.3 is 5.32 Å². The molecule has 0 unspecified atom stereocenters. The van der Waals surface area contributed by atoms with Crippen LogP contribution < -0.4 is 14.8 Å². The number of rotatable bonds is 11. The van der Waals surface area contributed by atoms with E-state index in [4.69, 9.17) is 0 Å². The predicted octanol–water partition coefficient (Wildman–Crippen LogP) is 6.92. The minimum absolute atomic E-state index is 0.00646. The van der Waals surface area contributed by atoms with Gasteiger partial charge in [0, 0.05) is 18.7 Å². The van der Waals surface area contributed by atoms with Gasteiger partial charge in [-0.3, -0.25) is 29.7 Å². The van der Waals surface area contributed by atoms with Crippen LogP contribution in [0.1, 0.15) is 32.1 Å². The Kier molecular flexibility index (Phi) is 11.4. The second-order valence-electron chi connectivity index (χ2n) is 10.6. The van der Waals surface area contributed by atoms with Crippen molar-refractivity contribution in [1.82, 2.24) is 0 Å². The highest BCUT2D eigenvalue weighted by Gasteiger charge is 2.21. The van der Waals surface area contributed by atoms with Gasteiger partial charge in [0.25, 0.3) is 25.7 Å². The SMILES string of the molecule is O=[N+]([O-])c1cc(NS(=O)(=O)c2ccccc2)ccc1F.O=[N+]([O-])c1cc(NS(=O)(=O)c2ccccc2)ccc1NCC1CCCCC1. The lowest BCUT2D eigenvalue weighted by molar-refractivity contribution is -0.387. The van der Waals surface area contributed by atoms with Gasteiger partial charge in [-0.1, -0.05) is 55.7 Å². The first kappa shape index (κ1) is 34.8. The van der Waals surface area contributed by atoms with Crippen molar-refractivity contribution < 1.29 is 31.1 Å². The highest BCUT2D eigenvalue weighted by atomic mass is 32.2. The van der Waals surface area contributed by atoms with E-state index in [1.807, 2.05) is 0 Å². The topological polar surface area (TPSA) is 191 Å². The molecule has 1 saturated carbocycles. The highest BCUT2D eigenvalue weighted by molar-refractivity contribution is 7.93. The fourth-order valence-corrected chi connectivity index (χ4v) is 7.03. The Hall–Kier alpha value is -5.09. The fraction of sp³-hybridized carbons (Fsp3) is 0.226. The molecule has 0 aromatic heterocycles. The normalized spacial score (nSPS) is 13.5. The number of nitro benzene ring substituents is 2. The van der Waals surface area contributed by atoms with Crippen molar-refractivity contribution in [2.24, 2.45) is 5.92 Å². The molecular formula is C31H32FN5O8S2. The number of hydrogen-bond donors (Lipinski definition) is 3. The van der Waals surface area contributed by atoms with Crippen LogP contribution in [0.4, 0.5) is 32.8 Å². The van der Waals surface area contributed by atoms with Crippen LogP contribution >= 0.6 is 0 Å². The van der Waals surface area contributed by atoms with E-state index >= 15 is 0 Å². The molecular weight excluding hydrogens is 653 g/mol. The van der Waals surface area contributed by atoms with Crippen molar-refractivity contribution in [3.63, 3.8) is 0 Å². The van der Waals surface area contributed by atoms with Crippen LogP contribution in [0.3, 0.4) is 0 Å². The standard InChI is InChI=1S/C19H23N3O4S.C12H9FN2O4S/c23-22(24)19-13-16(21-27(25,26)17-9-5-2-6-10-17)11-12-18(19)20-14-15-7-3-1-4-8-15;13-11-7-6-9(8-12(11)15(16)17)14-20(18,19)10-4-2-1-3-5-10/h2,5-6,9-13,15,20-21H,1,3-4,7-8,14H2;1-8,14H. The van der Waals surface area contributed by atoms with Crippen LogP contribution in [0.2, 0.25) is 0 Å². The van der Waals surface area contributed by atoms with Gasteiger partial charge in [0.2, 0.25) is 5.82 Å². The third-order valence-electron chi connectivity index (χ3n) is 7.25. The first-order valence-electron chi connectivity index (χ1n) is 14.5. The predicted molar refractivity (Wildman–Crippen MR) is 176 cm³/mol. The average molecular weight is 686 g/mol. The molecule has 0 radical (unpaired) electrons. The van der Waals surface area contributed by atoms with E-state index in [1.165, 1.54) is 55.7 Å². The van der Waals surface area contributed by atoms with Crippen LogP contribution in [-0.4, -0.2) is 33.2 Å². The summed E-state index contributed by atoms with van der Waals surface area (Å²) in [6.07, 6.45) is 5.93. The van der Waals surface area contributed by atoms with Gasteiger partial charge in [0.15, 0.2) is 0 Å². The molecule has 3 N–H and O–H groups in total. The van der Waals surface area contributed by atoms with Crippen LogP contribution in [0, 0.1) is 32.0 Å². The third-order valence-corrected chi connectivity index (χ3v) is 10.0. The molecule has 47 heavy (non-hydrogen) atoms. The molecule has 0 bridgehead atoms. The second-order valence-corrected chi connectivity index (χ2v) is 14.0. The maximum atomic E-state index is 13.2. The summed E-state index contributed by atoms with van der Waals surface area (Å²) in [6.45, 7) is 0.690. The van der Waals surface area contributed by atoms with Gasteiger partial charge in [-0.15, -0.1) is 0 Å². The largest absolute Gasteiger partial charge is 0.379 e. The maximum absolute atomic E-state index is 13.2. The van der Waals surface area contributed by atoms with E-state index in [9.17, 15) is 41.5 Å². The Morgan fingerprint density at radius 3 is 1.62 bits per heavy atom. The van der Waals surface area contributed by atoms with Crippen molar-refractivity contribution in [2.75, 3.05) is 21.3 Å². The van der Waals surface area contributed by atoms with Crippen molar-refractivity contribution in [3.8, 4) is 0 Å². The zero-order valence-electron chi connectivity index (χ0n) is 24.9. The Bertz CT molecular complexity index is 1920. The number of nitrogens with one attached hydrogen (secondary N) is 3. The van der Waals surface area contributed by atoms with E-state index in [2.05, 4.69) is 14.8 Å². The Labute approximate surface area is 271 Å². The number of anilines is 3. The summed E-state index contributed by atoms with van der Waals surface area (Å²) < 4.78 is 66.5. The summed E-state index contributed by atoms with van der Waals surface area (Å²) in [4.78, 5) is 20.7.